The van der Waals surface area contributed by atoms with Crippen molar-refractivity contribution in [3.63, 3.8) is 0 Å². The van der Waals surface area contributed by atoms with Gasteiger partial charge in [0.05, 0.1) is 40.0 Å². The van der Waals surface area contributed by atoms with Gasteiger partial charge < -0.3 is 14.8 Å². The molecule has 3 N–H and O–H groups in total. The van der Waals surface area contributed by atoms with Gasteiger partial charge in [-0.3, -0.25) is 15.0 Å². The van der Waals surface area contributed by atoms with E-state index in [4.69, 9.17) is 11.6 Å². The van der Waals surface area contributed by atoms with Gasteiger partial charge in [-0.05, 0) is 36.4 Å². The molecule has 2 heterocycles. The number of carbonyl (C=O) groups excluding carboxylic acids is 2. The molecule has 0 saturated carbocycles. The summed E-state index contributed by atoms with van der Waals surface area (Å²) in [5, 5.41) is 13.9. The third-order valence-electron chi connectivity index (χ3n) is 5.66. The van der Waals surface area contributed by atoms with Crippen molar-refractivity contribution in [1.29, 1.82) is 0 Å². The Morgan fingerprint density at radius 1 is 1.17 bits per heavy atom. The highest BCUT2D eigenvalue weighted by Crippen LogP contribution is 2.48. The van der Waals surface area contributed by atoms with Crippen molar-refractivity contribution in [2.45, 2.75) is 5.72 Å². The van der Waals surface area contributed by atoms with Crippen LogP contribution in [0.25, 0.3) is 11.0 Å². The van der Waals surface area contributed by atoms with Crippen molar-refractivity contribution < 1.29 is 32.6 Å². The number of nitrogens with one attached hydrogen (secondary N) is 2. The number of benzene rings is 3. The maximum absolute atomic E-state index is 15.1. The first-order chi connectivity index (χ1) is 16.7. The molecule has 178 valence electrons. The van der Waals surface area contributed by atoms with Crippen LogP contribution in [0.4, 0.5) is 29.6 Å². The number of hydrogen-bond donors (Lipinski definition) is 3. The van der Waals surface area contributed by atoms with E-state index in [1.54, 1.807) is 0 Å². The summed E-state index contributed by atoms with van der Waals surface area (Å²) in [5.74, 6) is -4.41. The van der Waals surface area contributed by atoms with Gasteiger partial charge in [-0.25, -0.2) is 22.9 Å². The molecule has 8 nitrogen and oxygen atoms in total. The Bertz CT molecular complexity index is 1540. The first-order valence-electron chi connectivity index (χ1n) is 10.0. The maximum atomic E-state index is 15.1. The molecule has 12 heteroatoms. The number of hydrogen-bond acceptors (Lipinski definition) is 5. The van der Waals surface area contributed by atoms with Gasteiger partial charge >= 0.3 is 6.09 Å². The molecular formula is C23H14ClF3N4O4. The predicted octanol–water partition coefficient (Wildman–Crippen LogP) is 4.67. The molecule has 0 radical (unpaired) electrons. The van der Waals surface area contributed by atoms with E-state index in [0.29, 0.717) is 10.4 Å². The van der Waals surface area contributed by atoms with Gasteiger partial charge in [-0.2, -0.15) is 0 Å². The molecule has 1 unspecified atom stereocenters. The molecular weight excluding hydrogens is 489 g/mol. The lowest BCUT2D eigenvalue weighted by Crippen LogP contribution is -2.45. The van der Waals surface area contributed by atoms with E-state index in [1.807, 2.05) is 0 Å². The lowest BCUT2D eigenvalue weighted by Gasteiger charge is -2.35. The van der Waals surface area contributed by atoms with Crippen LogP contribution in [0.2, 0.25) is 5.02 Å². The number of nitrogens with zero attached hydrogens (tertiary/aromatic N) is 2. The number of amides is 2. The van der Waals surface area contributed by atoms with Crippen LogP contribution in [-0.4, -0.2) is 34.2 Å². The van der Waals surface area contributed by atoms with Gasteiger partial charge in [0.15, 0.2) is 5.82 Å². The Hall–Kier alpha value is -4.09. The summed E-state index contributed by atoms with van der Waals surface area (Å²) in [7, 11) is 1.16. The molecule has 0 spiro atoms. The van der Waals surface area contributed by atoms with Crippen LogP contribution in [0, 0.1) is 17.5 Å². The Morgan fingerprint density at radius 2 is 1.91 bits per heavy atom. The summed E-state index contributed by atoms with van der Waals surface area (Å²) in [6.07, 6.45) is -0.793. The quantitative estimate of drug-likeness (QED) is 0.377. The number of aromatic nitrogens is 2. The Kier molecular flexibility index (Phi) is 5.18. The van der Waals surface area contributed by atoms with Crippen molar-refractivity contribution in [2.75, 3.05) is 17.3 Å². The highest BCUT2D eigenvalue weighted by atomic mass is 35.5. The van der Waals surface area contributed by atoms with Gasteiger partial charge in [0.1, 0.15) is 11.6 Å². The molecule has 0 aliphatic carbocycles. The van der Waals surface area contributed by atoms with E-state index in [-0.39, 0.29) is 22.1 Å². The van der Waals surface area contributed by atoms with Crippen LogP contribution in [0.3, 0.4) is 0 Å². The van der Waals surface area contributed by atoms with Crippen molar-refractivity contribution in [2.24, 2.45) is 0 Å². The third-order valence-corrected chi connectivity index (χ3v) is 5.95. The van der Waals surface area contributed by atoms with E-state index in [9.17, 15) is 19.1 Å². The molecule has 35 heavy (non-hydrogen) atoms. The largest absolute Gasteiger partial charge is 0.453 e. The number of halogens is 4. The zero-order valence-corrected chi connectivity index (χ0v) is 18.5. The number of ether oxygens (including phenoxy) is 1. The van der Waals surface area contributed by atoms with Gasteiger partial charge in [0, 0.05) is 5.56 Å². The maximum Gasteiger partial charge on any atom is 0.413 e. The lowest BCUT2D eigenvalue weighted by atomic mass is 9.92. The molecule has 1 aliphatic heterocycles. The van der Waals surface area contributed by atoms with E-state index in [0.717, 1.165) is 25.3 Å². The fourth-order valence-corrected chi connectivity index (χ4v) is 4.30. The van der Waals surface area contributed by atoms with Crippen LogP contribution >= 0.6 is 11.6 Å². The van der Waals surface area contributed by atoms with Crippen molar-refractivity contribution in [3.05, 3.63) is 87.7 Å². The summed E-state index contributed by atoms with van der Waals surface area (Å²) in [4.78, 5) is 32.3. The smallest absolute Gasteiger partial charge is 0.413 e. The lowest BCUT2D eigenvalue weighted by molar-refractivity contribution is 0.0681. The van der Waals surface area contributed by atoms with Crippen molar-refractivity contribution in [1.82, 2.24) is 9.97 Å². The Labute approximate surface area is 199 Å². The number of imidazole rings is 1. The van der Waals surface area contributed by atoms with Gasteiger partial charge in [-0.1, -0.05) is 23.7 Å². The molecule has 5 rings (SSSR count). The number of fused-ring (bicyclic) bond motifs is 2. The second-order valence-electron chi connectivity index (χ2n) is 7.60. The number of aromatic amines is 1. The molecule has 0 saturated heterocycles. The minimum absolute atomic E-state index is 0.00820. The molecule has 3 aromatic carbocycles. The zero-order valence-electron chi connectivity index (χ0n) is 17.7. The second kappa shape index (κ2) is 8.00. The first-order valence-corrected chi connectivity index (χ1v) is 10.4. The average molecular weight is 503 g/mol. The minimum atomic E-state index is -2.67. The highest BCUT2D eigenvalue weighted by Gasteiger charge is 2.54. The topological polar surface area (TPSA) is 108 Å². The first kappa shape index (κ1) is 22.7. The van der Waals surface area contributed by atoms with Crippen molar-refractivity contribution >= 4 is 46.3 Å². The van der Waals surface area contributed by atoms with Gasteiger partial charge in [0.25, 0.3) is 5.91 Å². The summed E-state index contributed by atoms with van der Waals surface area (Å²) in [6.45, 7) is 0. The summed E-state index contributed by atoms with van der Waals surface area (Å²) in [5.41, 5.74) is -4.12. The molecule has 2 amide bonds. The monoisotopic (exact) mass is 502 g/mol. The molecule has 0 fully saturated rings. The highest BCUT2D eigenvalue weighted by molar-refractivity contribution is 6.31. The third kappa shape index (κ3) is 3.31. The molecule has 1 aliphatic rings. The van der Waals surface area contributed by atoms with E-state index >= 15 is 8.78 Å². The Morgan fingerprint density at radius 3 is 2.66 bits per heavy atom. The molecule has 1 atom stereocenters. The molecule has 1 aromatic heterocycles. The van der Waals surface area contributed by atoms with E-state index in [2.05, 4.69) is 20.0 Å². The Balaban J connectivity index is 1.76. The number of carbonyl (C=O) groups is 2. The van der Waals surface area contributed by atoms with Crippen LogP contribution < -0.4 is 10.2 Å². The van der Waals surface area contributed by atoms with Crippen LogP contribution in [0.1, 0.15) is 21.5 Å². The average Bonchev–Trinajstić information content (AvgIpc) is 3.34. The van der Waals surface area contributed by atoms with Crippen LogP contribution in [0.15, 0.2) is 48.5 Å². The summed E-state index contributed by atoms with van der Waals surface area (Å²) >= 11 is 5.89. The second-order valence-corrected chi connectivity index (χ2v) is 8.01. The standard InChI is InChI=1S/C23H14ClF3N4O4/c1-35-22(33)30-21-28-14-8-5-10(9-15(14)29-21)23(34)18-13(26)7-6-12(25)17(18)20(32)31(23)16-4-2-3-11(24)19(16)27/h2-9,34H,1H3,(H2,28,29,30,33). The zero-order chi connectivity index (χ0) is 25.1. The van der Waals surface area contributed by atoms with Gasteiger partial charge in [-0.15, -0.1) is 0 Å². The van der Waals surface area contributed by atoms with Gasteiger partial charge in [0.2, 0.25) is 11.7 Å². The molecule has 0 bridgehead atoms. The number of H-pyrrole nitrogens is 1. The predicted molar refractivity (Wildman–Crippen MR) is 120 cm³/mol. The van der Waals surface area contributed by atoms with E-state index in [1.165, 1.54) is 30.3 Å². The normalized spacial score (nSPS) is 17.1. The minimum Gasteiger partial charge on any atom is -0.453 e. The SMILES string of the molecule is COC(=O)Nc1nc2ccc(C3(O)c4c(F)ccc(F)c4C(=O)N3c3cccc(Cl)c3F)cc2[nH]1. The molecule has 4 aromatic rings. The van der Waals surface area contributed by atoms with Crippen LogP contribution in [-0.2, 0) is 10.5 Å². The number of methoxy groups -OCH3 is 1. The number of aliphatic hydroxyl groups is 1. The van der Waals surface area contributed by atoms with E-state index < -0.39 is 52.0 Å². The number of anilines is 2. The number of rotatable bonds is 3. The van der Waals surface area contributed by atoms with Crippen LogP contribution in [0.5, 0.6) is 0 Å². The summed E-state index contributed by atoms with van der Waals surface area (Å²) in [6, 6.07) is 9.24. The fourth-order valence-electron chi connectivity index (χ4n) is 4.13. The summed E-state index contributed by atoms with van der Waals surface area (Å²) < 4.78 is 49.4. The fraction of sp³-hybridized carbons (Fsp3) is 0.0870. The van der Waals surface area contributed by atoms with Crippen molar-refractivity contribution in [3.8, 4) is 0 Å².